The molecule has 2 rings (SSSR count). The van der Waals surface area contributed by atoms with Crippen LogP contribution in [-0.4, -0.2) is 28.2 Å². The molecule has 0 saturated carbocycles. The molecule has 1 atom stereocenters. The molecule has 12 heavy (non-hydrogen) atoms. The van der Waals surface area contributed by atoms with Crippen LogP contribution < -0.4 is 0 Å². The predicted molar refractivity (Wildman–Crippen MR) is 49.8 cm³/mol. The van der Waals surface area contributed by atoms with Crippen LogP contribution in [0.25, 0.3) is 0 Å². The lowest BCUT2D eigenvalue weighted by Crippen LogP contribution is -2.52. The number of rotatable bonds is 1. The minimum Gasteiger partial charge on any atom is -0.296 e. The van der Waals surface area contributed by atoms with Crippen LogP contribution >= 0.6 is 24.4 Å². The summed E-state index contributed by atoms with van der Waals surface area (Å²) in [5, 5.41) is 0.189. The fraction of sp³-hybridized carbons (Fsp3) is 0.429. The molecule has 64 valence electrons. The topological polar surface area (TPSA) is 37.4 Å². The fourth-order valence-corrected chi connectivity index (χ4v) is 2.85. The van der Waals surface area contributed by atoms with E-state index in [0.717, 1.165) is 5.75 Å². The normalized spacial score (nSPS) is 28.2. The Morgan fingerprint density at radius 2 is 2.42 bits per heavy atom. The standard InChI is InChI=1S/C7H7NO2S2/c9-2-4-5(11)3-12-7-1-6(10)8(4)7/h2,7,11H,1,3H2/t7-/m1/s1. The van der Waals surface area contributed by atoms with Crippen LogP contribution in [0.2, 0.25) is 0 Å². The molecule has 1 amide bonds. The van der Waals surface area contributed by atoms with Crippen molar-refractivity contribution in [3.63, 3.8) is 0 Å². The van der Waals surface area contributed by atoms with Crippen LogP contribution in [0.4, 0.5) is 0 Å². The summed E-state index contributed by atoms with van der Waals surface area (Å²) in [6, 6.07) is 0. The molecule has 2 aliphatic heterocycles. The summed E-state index contributed by atoms with van der Waals surface area (Å²) in [5.74, 6) is 0.770. The first-order chi connectivity index (χ1) is 5.74. The zero-order valence-electron chi connectivity index (χ0n) is 6.19. The Morgan fingerprint density at radius 1 is 1.67 bits per heavy atom. The zero-order valence-corrected chi connectivity index (χ0v) is 7.90. The second-order valence-electron chi connectivity index (χ2n) is 2.68. The number of amides is 1. The summed E-state index contributed by atoms with van der Waals surface area (Å²) >= 11 is 5.80. The first kappa shape index (κ1) is 8.19. The second kappa shape index (κ2) is 2.81. The highest BCUT2D eigenvalue weighted by atomic mass is 32.2. The zero-order chi connectivity index (χ0) is 8.72. The maximum absolute atomic E-state index is 11.1. The molecular weight excluding hydrogens is 194 g/mol. The van der Waals surface area contributed by atoms with Crippen molar-refractivity contribution >= 4 is 36.6 Å². The van der Waals surface area contributed by atoms with Crippen molar-refractivity contribution in [3.8, 4) is 0 Å². The molecule has 2 heterocycles. The van der Waals surface area contributed by atoms with Crippen LogP contribution in [0.1, 0.15) is 6.42 Å². The third-order valence-electron chi connectivity index (χ3n) is 1.99. The lowest BCUT2D eigenvalue weighted by Gasteiger charge is -2.43. The number of fused-ring (bicyclic) bond motifs is 1. The molecule has 0 aromatic rings. The van der Waals surface area contributed by atoms with E-state index in [9.17, 15) is 9.59 Å². The molecule has 5 heteroatoms. The number of β-lactam (4-membered cyclic amide) rings is 1. The van der Waals surface area contributed by atoms with Gasteiger partial charge in [-0.2, -0.15) is 0 Å². The number of carbonyl (C=O) groups excluding carboxylic acids is 2. The monoisotopic (exact) mass is 201 g/mol. The Labute approximate surface area is 79.6 Å². The molecule has 0 N–H and O–H groups in total. The molecule has 0 unspecified atom stereocenters. The highest BCUT2D eigenvalue weighted by molar-refractivity contribution is 8.01. The number of carbonyl (C=O) groups is 2. The van der Waals surface area contributed by atoms with Gasteiger partial charge in [0, 0.05) is 10.7 Å². The number of hydrogen-bond acceptors (Lipinski definition) is 4. The van der Waals surface area contributed by atoms with Crippen molar-refractivity contribution in [2.45, 2.75) is 11.8 Å². The van der Waals surface area contributed by atoms with Gasteiger partial charge in [-0.05, 0) is 0 Å². The summed E-state index contributed by atoms with van der Waals surface area (Å²) in [5.41, 5.74) is 0.457. The van der Waals surface area contributed by atoms with Crippen LogP contribution in [0, 0.1) is 0 Å². The minimum atomic E-state index is 0.0286. The van der Waals surface area contributed by atoms with Crippen molar-refractivity contribution in [3.05, 3.63) is 10.6 Å². The van der Waals surface area contributed by atoms with E-state index in [1.54, 1.807) is 11.8 Å². The van der Waals surface area contributed by atoms with Gasteiger partial charge in [0.15, 0.2) is 6.29 Å². The molecule has 0 spiro atoms. The second-order valence-corrected chi connectivity index (χ2v) is 4.39. The average Bonchev–Trinajstić information content (AvgIpc) is 2.06. The highest BCUT2D eigenvalue weighted by Gasteiger charge is 2.42. The smallest absolute Gasteiger partial charge is 0.231 e. The minimum absolute atomic E-state index is 0.0286. The summed E-state index contributed by atoms with van der Waals surface area (Å²) < 4.78 is 0. The Kier molecular flexibility index (Phi) is 1.92. The van der Waals surface area contributed by atoms with Gasteiger partial charge in [-0.15, -0.1) is 24.4 Å². The summed E-state index contributed by atoms with van der Waals surface area (Å²) in [6.45, 7) is 0. The molecule has 0 aromatic heterocycles. The van der Waals surface area contributed by atoms with Crippen molar-refractivity contribution in [1.29, 1.82) is 0 Å². The van der Waals surface area contributed by atoms with E-state index in [1.165, 1.54) is 4.90 Å². The SMILES string of the molecule is O=CC1=C(S)CS[C@@H]2CC(=O)N12. The maximum Gasteiger partial charge on any atom is 0.231 e. The molecule has 3 nitrogen and oxygen atoms in total. The van der Waals surface area contributed by atoms with Crippen LogP contribution in [-0.2, 0) is 9.59 Å². The van der Waals surface area contributed by atoms with Crippen molar-refractivity contribution < 1.29 is 9.59 Å². The Balaban J connectivity index is 2.34. The predicted octanol–water partition coefficient (Wildman–Crippen LogP) is 0.632. The Hall–Kier alpha value is -0.420. The molecular formula is C7H7NO2S2. The van der Waals surface area contributed by atoms with E-state index >= 15 is 0 Å². The summed E-state index contributed by atoms with van der Waals surface area (Å²) in [6.07, 6.45) is 1.27. The van der Waals surface area contributed by atoms with Gasteiger partial charge >= 0.3 is 0 Å². The van der Waals surface area contributed by atoms with Crippen LogP contribution in [0.5, 0.6) is 0 Å². The molecule has 1 fully saturated rings. The highest BCUT2D eigenvalue weighted by Crippen LogP contribution is 2.39. The molecule has 0 aliphatic carbocycles. The summed E-state index contributed by atoms with van der Waals surface area (Å²) in [7, 11) is 0. The molecule has 1 saturated heterocycles. The number of thiol groups is 1. The average molecular weight is 201 g/mol. The van der Waals surface area contributed by atoms with Crippen molar-refractivity contribution in [2.24, 2.45) is 0 Å². The van der Waals surface area contributed by atoms with Gasteiger partial charge in [0.1, 0.15) is 0 Å². The molecule has 0 radical (unpaired) electrons. The summed E-state index contributed by atoms with van der Waals surface area (Å²) in [4.78, 5) is 23.9. The number of allylic oxidation sites excluding steroid dienone is 1. The molecule has 0 aromatic carbocycles. The van der Waals surface area contributed by atoms with Crippen LogP contribution in [0.3, 0.4) is 0 Å². The quantitative estimate of drug-likeness (QED) is 0.384. The van der Waals surface area contributed by atoms with E-state index < -0.39 is 0 Å². The van der Waals surface area contributed by atoms with Crippen LogP contribution in [0.15, 0.2) is 10.6 Å². The molecule has 0 bridgehead atoms. The number of hydrogen-bond donors (Lipinski definition) is 1. The van der Waals surface area contributed by atoms with E-state index in [0.29, 0.717) is 23.3 Å². The third kappa shape index (κ3) is 0.998. The number of aldehydes is 1. The third-order valence-corrected chi connectivity index (χ3v) is 3.80. The van der Waals surface area contributed by atoms with Gasteiger partial charge in [-0.3, -0.25) is 14.5 Å². The number of thioether (sulfide) groups is 1. The van der Waals surface area contributed by atoms with E-state index in [4.69, 9.17) is 0 Å². The maximum atomic E-state index is 11.1. The van der Waals surface area contributed by atoms with Gasteiger partial charge in [0.2, 0.25) is 5.91 Å². The molecule has 2 aliphatic rings. The van der Waals surface area contributed by atoms with E-state index in [1.807, 2.05) is 0 Å². The largest absolute Gasteiger partial charge is 0.296 e. The number of nitrogens with zero attached hydrogens (tertiary/aromatic N) is 1. The Morgan fingerprint density at radius 3 is 2.92 bits per heavy atom. The first-order valence-corrected chi connectivity index (χ1v) is 5.04. The van der Waals surface area contributed by atoms with Crippen molar-refractivity contribution in [1.82, 2.24) is 4.90 Å². The van der Waals surface area contributed by atoms with Gasteiger partial charge in [-0.25, -0.2) is 0 Å². The lowest BCUT2D eigenvalue weighted by molar-refractivity contribution is -0.139. The fourth-order valence-electron chi connectivity index (χ4n) is 1.32. The van der Waals surface area contributed by atoms with Gasteiger partial charge in [0.25, 0.3) is 0 Å². The van der Waals surface area contributed by atoms with Crippen molar-refractivity contribution in [2.75, 3.05) is 5.75 Å². The van der Waals surface area contributed by atoms with Gasteiger partial charge in [-0.1, -0.05) is 0 Å². The van der Waals surface area contributed by atoms with Gasteiger partial charge in [0.05, 0.1) is 17.5 Å². The van der Waals surface area contributed by atoms with E-state index in [-0.39, 0.29) is 11.3 Å². The van der Waals surface area contributed by atoms with Gasteiger partial charge < -0.3 is 0 Å². The Bertz CT molecular complexity index is 287. The lowest BCUT2D eigenvalue weighted by atomic mass is 10.1. The van der Waals surface area contributed by atoms with E-state index in [2.05, 4.69) is 12.6 Å². The first-order valence-electron chi connectivity index (χ1n) is 3.55.